The van der Waals surface area contributed by atoms with E-state index in [0.717, 1.165) is 12.8 Å². The standard InChI is InChI=1S/C15H21FN2O2/c1-15(2,3)20-14(19)18-9-5-6-11(10-18)12-7-4-8-13(16)17-12/h4,7-8,11H,5-6,9-10H2,1-3H3. The van der Waals surface area contributed by atoms with Gasteiger partial charge in [-0.05, 0) is 45.7 Å². The van der Waals surface area contributed by atoms with E-state index in [4.69, 9.17) is 4.74 Å². The average Bonchev–Trinajstić information content (AvgIpc) is 2.37. The van der Waals surface area contributed by atoms with Gasteiger partial charge in [0.1, 0.15) is 5.60 Å². The van der Waals surface area contributed by atoms with Crippen molar-refractivity contribution in [2.75, 3.05) is 13.1 Å². The first-order valence-electron chi connectivity index (χ1n) is 6.95. The summed E-state index contributed by atoms with van der Waals surface area (Å²) < 4.78 is 18.6. The van der Waals surface area contributed by atoms with Crippen LogP contribution in [0.25, 0.3) is 0 Å². The first kappa shape index (κ1) is 14.8. The molecule has 1 fully saturated rings. The Morgan fingerprint density at radius 3 is 2.85 bits per heavy atom. The minimum Gasteiger partial charge on any atom is -0.444 e. The summed E-state index contributed by atoms with van der Waals surface area (Å²) in [6.07, 6.45) is 1.48. The Hall–Kier alpha value is -1.65. The van der Waals surface area contributed by atoms with Crippen LogP contribution in [0.4, 0.5) is 9.18 Å². The number of carbonyl (C=O) groups excluding carboxylic acids is 1. The van der Waals surface area contributed by atoms with Crippen molar-refractivity contribution in [2.45, 2.75) is 45.1 Å². The summed E-state index contributed by atoms with van der Waals surface area (Å²) in [5.41, 5.74) is 0.208. The van der Waals surface area contributed by atoms with E-state index in [0.29, 0.717) is 18.8 Å². The van der Waals surface area contributed by atoms with Gasteiger partial charge in [-0.2, -0.15) is 4.39 Å². The van der Waals surface area contributed by atoms with Crippen LogP contribution in [0.1, 0.15) is 45.2 Å². The molecule has 0 aromatic carbocycles. The molecule has 5 heteroatoms. The lowest BCUT2D eigenvalue weighted by atomic mass is 9.94. The summed E-state index contributed by atoms with van der Waals surface area (Å²) in [6.45, 7) is 6.76. The fourth-order valence-corrected chi connectivity index (χ4v) is 2.36. The van der Waals surface area contributed by atoms with Gasteiger partial charge in [-0.15, -0.1) is 0 Å². The predicted octanol–water partition coefficient (Wildman–Crippen LogP) is 3.34. The van der Waals surface area contributed by atoms with Crippen molar-refractivity contribution in [3.05, 3.63) is 29.8 Å². The van der Waals surface area contributed by atoms with E-state index in [2.05, 4.69) is 4.98 Å². The Morgan fingerprint density at radius 1 is 1.45 bits per heavy atom. The van der Waals surface area contributed by atoms with E-state index in [1.165, 1.54) is 6.07 Å². The van der Waals surface area contributed by atoms with Crippen molar-refractivity contribution in [2.24, 2.45) is 0 Å². The van der Waals surface area contributed by atoms with E-state index >= 15 is 0 Å². The van der Waals surface area contributed by atoms with Gasteiger partial charge in [0.05, 0.1) is 0 Å². The normalized spacial score (nSPS) is 19.8. The molecular formula is C15H21FN2O2. The molecule has 2 rings (SSSR count). The number of carbonyl (C=O) groups is 1. The summed E-state index contributed by atoms with van der Waals surface area (Å²) in [4.78, 5) is 17.7. The van der Waals surface area contributed by atoms with E-state index in [9.17, 15) is 9.18 Å². The molecule has 1 unspecified atom stereocenters. The monoisotopic (exact) mass is 280 g/mol. The highest BCUT2D eigenvalue weighted by Gasteiger charge is 2.28. The molecule has 2 heterocycles. The third kappa shape index (κ3) is 3.92. The highest BCUT2D eigenvalue weighted by Crippen LogP contribution is 2.26. The highest BCUT2D eigenvalue weighted by atomic mass is 19.1. The maximum absolute atomic E-state index is 13.2. The van der Waals surface area contributed by atoms with Crippen LogP contribution in [0.15, 0.2) is 18.2 Å². The van der Waals surface area contributed by atoms with Gasteiger partial charge in [0.25, 0.3) is 0 Å². The van der Waals surface area contributed by atoms with Crippen LogP contribution in [0.3, 0.4) is 0 Å². The molecule has 0 radical (unpaired) electrons. The van der Waals surface area contributed by atoms with Crippen LogP contribution in [0, 0.1) is 5.95 Å². The SMILES string of the molecule is CC(C)(C)OC(=O)N1CCCC(c2cccc(F)n2)C1. The largest absolute Gasteiger partial charge is 0.444 e. The summed E-state index contributed by atoms with van der Waals surface area (Å²) >= 11 is 0. The number of halogens is 1. The van der Waals surface area contributed by atoms with Crippen molar-refractivity contribution in [1.82, 2.24) is 9.88 Å². The molecule has 1 atom stereocenters. The third-order valence-corrected chi connectivity index (χ3v) is 3.23. The molecule has 0 spiro atoms. The second kappa shape index (κ2) is 5.77. The molecule has 0 aliphatic carbocycles. The number of aromatic nitrogens is 1. The quantitative estimate of drug-likeness (QED) is 0.741. The molecule has 1 aliphatic heterocycles. The minimum atomic E-state index is -0.499. The lowest BCUT2D eigenvalue weighted by Gasteiger charge is -2.33. The van der Waals surface area contributed by atoms with Crippen molar-refractivity contribution < 1.29 is 13.9 Å². The number of rotatable bonds is 1. The molecule has 1 aromatic rings. The van der Waals surface area contributed by atoms with Gasteiger partial charge in [-0.1, -0.05) is 6.07 Å². The second-order valence-corrected chi connectivity index (χ2v) is 6.15. The summed E-state index contributed by atoms with van der Waals surface area (Å²) in [6, 6.07) is 4.80. The summed E-state index contributed by atoms with van der Waals surface area (Å²) in [5, 5.41) is 0. The Bertz CT molecular complexity index is 485. The highest BCUT2D eigenvalue weighted by molar-refractivity contribution is 5.68. The van der Waals surface area contributed by atoms with Crippen LogP contribution in [-0.4, -0.2) is 34.7 Å². The average molecular weight is 280 g/mol. The van der Waals surface area contributed by atoms with Gasteiger partial charge < -0.3 is 9.64 Å². The smallest absolute Gasteiger partial charge is 0.410 e. The number of piperidine rings is 1. The van der Waals surface area contributed by atoms with Crippen LogP contribution in [-0.2, 0) is 4.74 Å². The third-order valence-electron chi connectivity index (χ3n) is 3.23. The van der Waals surface area contributed by atoms with Crippen LogP contribution in [0.5, 0.6) is 0 Å². The number of pyridine rings is 1. The van der Waals surface area contributed by atoms with Crippen molar-refractivity contribution >= 4 is 6.09 Å². The zero-order chi connectivity index (χ0) is 14.8. The zero-order valence-electron chi connectivity index (χ0n) is 12.2. The van der Waals surface area contributed by atoms with Crippen LogP contribution < -0.4 is 0 Å². The molecule has 110 valence electrons. The number of likely N-dealkylation sites (tertiary alicyclic amines) is 1. The van der Waals surface area contributed by atoms with Crippen molar-refractivity contribution in [3.8, 4) is 0 Å². The number of hydrogen-bond acceptors (Lipinski definition) is 3. The van der Waals surface area contributed by atoms with Gasteiger partial charge in [0.15, 0.2) is 0 Å². The maximum atomic E-state index is 13.2. The molecule has 1 aliphatic rings. The fourth-order valence-electron chi connectivity index (χ4n) is 2.36. The van der Waals surface area contributed by atoms with Crippen molar-refractivity contribution in [1.29, 1.82) is 0 Å². The van der Waals surface area contributed by atoms with Gasteiger partial charge >= 0.3 is 6.09 Å². The first-order valence-corrected chi connectivity index (χ1v) is 6.95. The molecule has 20 heavy (non-hydrogen) atoms. The Kier molecular flexibility index (Phi) is 4.26. The molecule has 1 saturated heterocycles. The molecule has 4 nitrogen and oxygen atoms in total. The lowest BCUT2D eigenvalue weighted by Crippen LogP contribution is -2.42. The summed E-state index contributed by atoms with van der Waals surface area (Å²) in [7, 11) is 0. The number of ether oxygens (including phenoxy) is 1. The van der Waals surface area contributed by atoms with Crippen LogP contribution in [0.2, 0.25) is 0 Å². The van der Waals surface area contributed by atoms with E-state index in [1.54, 1.807) is 11.0 Å². The number of hydrogen-bond donors (Lipinski definition) is 0. The molecular weight excluding hydrogens is 259 g/mol. The molecule has 1 amide bonds. The van der Waals surface area contributed by atoms with Gasteiger partial charge in [0.2, 0.25) is 5.95 Å². The van der Waals surface area contributed by atoms with E-state index < -0.39 is 11.5 Å². The summed E-state index contributed by atoms with van der Waals surface area (Å²) in [5.74, 6) is -0.399. The molecule has 1 aromatic heterocycles. The molecule has 0 bridgehead atoms. The number of amides is 1. The minimum absolute atomic E-state index is 0.0759. The Morgan fingerprint density at radius 2 is 2.20 bits per heavy atom. The van der Waals surface area contributed by atoms with E-state index in [1.807, 2.05) is 26.8 Å². The molecule has 0 saturated carbocycles. The second-order valence-electron chi connectivity index (χ2n) is 6.15. The predicted molar refractivity (Wildman–Crippen MR) is 74.0 cm³/mol. The van der Waals surface area contributed by atoms with Crippen LogP contribution >= 0.6 is 0 Å². The van der Waals surface area contributed by atoms with Crippen molar-refractivity contribution in [3.63, 3.8) is 0 Å². The number of nitrogens with zero attached hydrogens (tertiary/aromatic N) is 2. The molecule has 0 N–H and O–H groups in total. The maximum Gasteiger partial charge on any atom is 0.410 e. The van der Waals surface area contributed by atoms with Gasteiger partial charge in [-0.3, -0.25) is 0 Å². The fraction of sp³-hybridized carbons (Fsp3) is 0.600. The first-order chi connectivity index (χ1) is 9.35. The zero-order valence-corrected chi connectivity index (χ0v) is 12.2. The lowest BCUT2D eigenvalue weighted by molar-refractivity contribution is 0.0197. The van der Waals surface area contributed by atoms with Gasteiger partial charge in [0, 0.05) is 24.7 Å². The Labute approximate surface area is 118 Å². The van der Waals surface area contributed by atoms with E-state index in [-0.39, 0.29) is 12.0 Å². The van der Waals surface area contributed by atoms with Gasteiger partial charge in [-0.25, -0.2) is 9.78 Å². The Balaban J connectivity index is 2.03. The topological polar surface area (TPSA) is 42.4 Å².